The second kappa shape index (κ2) is 8.72. The molecule has 1 amide bonds. The highest BCUT2D eigenvalue weighted by atomic mass is 16.2. The van der Waals surface area contributed by atoms with Crippen LogP contribution in [0.2, 0.25) is 0 Å². The highest BCUT2D eigenvalue weighted by molar-refractivity contribution is 5.79. The van der Waals surface area contributed by atoms with E-state index in [9.17, 15) is 9.59 Å². The molecule has 0 bridgehead atoms. The maximum atomic E-state index is 12.7. The second-order valence-electron chi connectivity index (χ2n) is 6.08. The second-order valence-corrected chi connectivity index (χ2v) is 6.08. The fourth-order valence-corrected chi connectivity index (χ4v) is 2.89. The van der Waals surface area contributed by atoms with Crippen LogP contribution in [-0.2, 0) is 17.9 Å². The third kappa shape index (κ3) is 4.55. The van der Waals surface area contributed by atoms with E-state index < -0.39 is 0 Å². The van der Waals surface area contributed by atoms with Gasteiger partial charge in [0, 0.05) is 37.3 Å². The van der Waals surface area contributed by atoms with E-state index in [1.54, 1.807) is 34.1 Å². The number of rotatable bonds is 7. The number of hydrogen-bond acceptors (Lipinski definition) is 5. The van der Waals surface area contributed by atoms with E-state index in [2.05, 4.69) is 16.2 Å². The average molecular weight is 361 g/mol. The quantitative estimate of drug-likeness (QED) is 0.643. The van der Waals surface area contributed by atoms with Gasteiger partial charge in [-0.3, -0.25) is 19.3 Å². The van der Waals surface area contributed by atoms with E-state index in [4.69, 9.17) is 5.26 Å². The Labute approximate surface area is 156 Å². The molecule has 0 saturated heterocycles. The number of aromatic nitrogens is 3. The van der Waals surface area contributed by atoms with Crippen molar-refractivity contribution < 1.29 is 4.79 Å². The minimum absolute atomic E-state index is 0.0707. The molecule has 0 fully saturated rings. The van der Waals surface area contributed by atoms with Gasteiger partial charge in [-0.05, 0) is 23.8 Å². The Morgan fingerprint density at radius 1 is 1.19 bits per heavy atom. The third-order valence-corrected chi connectivity index (χ3v) is 4.24. The van der Waals surface area contributed by atoms with Gasteiger partial charge in [-0.1, -0.05) is 18.2 Å². The summed E-state index contributed by atoms with van der Waals surface area (Å²) in [6.45, 7) is 1.13. The molecule has 0 aliphatic rings. The van der Waals surface area contributed by atoms with E-state index >= 15 is 0 Å². The van der Waals surface area contributed by atoms with Crippen LogP contribution in [0.3, 0.4) is 0 Å². The SMILES string of the molecule is N#CCCN(Cc1cccnc1)C(=O)CCn1ncc(=O)c2ccccc21. The first-order valence-electron chi connectivity index (χ1n) is 8.67. The number of nitriles is 1. The van der Waals surface area contributed by atoms with Crippen molar-refractivity contribution in [2.75, 3.05) is 6.54 Å². The molecular weight excluding hydrogens is 342 g/mol. The molecule has 0 radical (unpaired) electrons. The Hall–Kier alpha value is -3.53. The normalized spacial score (nSPS) is 10.5. The molecule has 0 spiro atoms. The van der Waals surface area contributed by atoms with Crippen molar-refractivity contribution in [3.8, 4) is 6.07 Å². The highest BCUT2D eigenvalue weighted by Gasteiger charge is 2.15. The van der Waals surface area contributed by atoms with Gasteiger partial charge in [0.15, 0.2) is 0 Å². The molecule has 2 heterocycles. The molecule has 7 heteroatoms. The number of pyridine rings is 1. The molecule has 0 atom stereocenters. The lowest BCUT2D eigenvalue weighted by Crippen LogP contribution is -2.32. The number of hydrogen-bond donors (Lipinski definition) is 0. The summed E-state index contributed by atoms with van der Waals surface area (Å²) in [5.41, 5.74) is 1.48. The van der Waals surface area contributed by atoms with Crippen molar-refractivity contribution in [1.29, 1.82) is 5.26 Å². The van der Waals surface area contributed by atoms with Gasteiger partial charge in [-0.2, -0.15) is 10.4 Å². The standard InChI is InChI=1S/C20H19N5O2/c21-9-4-11-24(15-16-5-3-10-22-13-16)20(27)8-12-25-18-7-2-1-6-17(18)19(26)14-23-25/h1-3,5-7,10,13-14H,4,8,11-12,15H2. The maximum Gasteiger partial charge on any atom is 0.224 e. The number of carbonyl (C=O) groups is 1. The van der Waals surface area contributed by atoms with Crippen molar-refractivity contribution in [1.82, 2.24) is 19.7 Å². The highest BCUT2D eigenvalue weighted by Crippen LogP contribution is 2.10. The van der Waals surface area contributed by atoms with E-state index in [1.165, 1.54) is 6.20 Å². The summed E-state index contributed by atoms with van der Waals surface area (Å²) < 4.78 is 1.67. The number of benzene rings is 1. The third-order valence-electron chi connectivity index (χ3n) is 4.24. The van der Waals surface area contributed by atoms with Crippen molar-refractivity contribution in [3.63, 3.8) is 0 Å². The number of fused-ring (bicyclic) bond motifs is 1. The average Bonchev–Trinajstić information content (AvgIpc) is 2.71. The summed E-state index contributed by atoms with van der Waals surface area (Å²) in [5.74, 6) is -0.0707. The first kappa shape index (κ1) is 18.3. The molecule has 0 unspecified atom stereocenters. The summed E-state index contributed by atoms with van der Waals surface area (Å²) in [4.78, 5) is 30.4. The minimum Gasteiger partial charge on any atom is -0.337 e. The first-order valence-corrected chi connectivity index (χ1v) is 8.67. The lowest BCUT2D eigenvalue weighted by atomic mass is 10.2. The summed E-state index contributed by atoms with van der Waals surface area (Å²) in [5, 5.41) is 13.6. The smallest absolute Gasteiger partial charge is 0.224 e. The Morgan fingerprint density at radius 2 is 2.04 bits per heavy atom. The van der Waals surface area contributed by atoms with Gasteiger partial charge >= 0.3 is 0 Å². The molecule has 0 aliphatic carbocycles. The largest absolute Gasteiger partial charge is 0.337 e. The lowest BCUT2D eigenvalue weighted by Gasteiger charge is -2.22. The van der Waals surface area contributed by atoms with Crippen LogP contribution in [0, 0.1) is 11.3 Å². The van der Waals surface area contributed by atoms with Gasteiger partial charge in [0.1, 0.15) is 0 Å². The monoisotopic (exact) mass is 361 g/mol. The molecule has 7 nitrogen and oxygen atoms in total. The Balaban J connectivity index is 1.73. The first-order chi connectivity index (χ1) is 13.2. The molecule has 0 saturated carbocycles. The summed E-state index contributed by atoms with van der Waals surface area (Å²) in [6.07, 6.45) is 5.16. The summed E-state index contributed by atoms with van der Waals surface area (Å²) in [7, 11) is 0. The van der Waals surface area contributed by atoms with Crippen molar-refractivity contribution in [2.45, 2.75) is 25.9 Å². The molecule has 3 aromatic rings. The van der Waals surface area contributed by atoms with Crippen LogP contribution in [-0.4, -0.2) is 32.1 Å². The van der Waals surface area contributed by atoms with Gasteiger partial charge in [-0.25, -0.2) is 0 Å². The lowest BCUT2D eigenvalue weighted by molar-refractivity contribution is -0.132. The van der Waals surface area contributed by atoms with Crippen LogP contribution in [0.1, 0.15) is 18.4 Å². The van der Waals surface area contributed by atoms with Crippen molar-refractivity contribution >= 4 is 16.8 Å². The van der Waals surface area contributed by atoms with E-state index in [0.29, 0.717) is 30.5 Å². The predicted octanol–water partition coefficient (Wildman–Crippen LogP) is 2.12. The van der Waals surface area contributed by atoms with Crippen LogP contribution in [0.25, 0.3) is 10.9 Å². The number of nitrogens with zero attached hydrogens (tertiary/aromatic N) is 5. The summed E-state index contributed by atoms with van der Waals surface area (Å²) in [6, 6.07) is 13.0. The van der Waals surface area contributed by atoms with Gasteiger partial charge in [0.05, 0.1) is 30.7 Å². The number of amides is 1. The van der Waals surface area contributed by atoms with Crippen LogP contribution in [0.5, 0.6) is 0 Å². The van der Waals surface area contributed by atoms with Gasteiger partial charge in [0.25, 0.3) is 0 Å². The molecule has 136 valence electrons. The Kier molecular flexibility index (Phi) is 5.90. The topological polar surface area (TPSA) is 91.9 Å². The Bertz CT molecular complexity index is 1020. The molecule has 27 heavy (non-hydrogen) atoms. The zero-order chi connectivity index (χ0) is 19.1. The maximum absolute atomic E-state index is 12.7. The molecule has 0 N–H and O–H groups in total. The molecule has 2 aromatic heterocycles. The molecule has 0 aliphatic heterocycles. The van der Waals surface area contributed by atoms with Crippen LogP contribution in [0.4, 0.5) is 0 Å². The van der Waals surface area contributed by atoms with Gasteiger partial charge in [-0.15, -0.1) is 0 Å². The van der Waals surface area contributed by atoms with Crippen molar-refractivity contribution in [2.24, 2.45) is 0 Å². The fourth-order valence-electron chi connectivity index (χ4n) is 2.89. The fraction of sp³-hybridized carbons (Fsp3) is 0.250. The van der Waals surface area contributed by atoms with E-state index in [-0.39, 0.29) is 24.2 Å². The number of para-hydroxylation sites is 1. The van der Waals surface area contributed by atoms with E-state index in [1.807, 2.05) is 24.3 Å². The molecular formula is C20H19N5O2. The van der Waals surface area contributed by atoms with Crippen LogP contribution in [0.15, 0.2) is 59.8 Å². The zero-order valence-corrected chi connectivity index (χ0v) is 14.8. The minimum atomic E-state index is -0.139. The van der Waals surface area contributed by atoms with E-state index in [0.717, 1.165) is 5.56 Å². The molecule has 3 rings (SSSR count). The van der Waals surface area contributed by atoms with Gasteiger partial charge in [0.2, 0.25) is 11.3 Å². The number of carbonyl (C=O) groups excluding carboxylic acids is 1. The Morgan fingerprint density at radius 3 is 2.81 bits per heavy atom. The zero-order valence-electron chi connectivity index (χ0n) is 14.8. The molecule has 1 aromatic carbocycles. The van der Waals surface area contributed by atoms with Crippen molar-refractivity contribution in [3.05, 3.63) is 70.8 Å². The summed E-state index contributed by atoms with van der Waals surface area (Å²) >= 11 is 0. The number of aryl methyl sites for hydroxylation is 1. The van der Waals surface area contributed by atoms with Crippen LogP contribution >= 0.6 is 0 Å². The predicted molar refractivity (Wildman–Crippen MR) is 101 cm³/mol. The van der Waals surface area contributed by atoms with Gasteiger partial charge < -0.3 is 4.90 Å². The van der Waals surface area contributed by atoms with Crippen LogP contribution < -0.4 is 5.43 Å².